The Morgan fingerprint density at radius 2 is 1.77 bits per heavy atom. The second-order valence-electron chi connectivity index (χ2n) is 5.87. The summed E-state index contributed by atoms with van der Waals surface area (Å²) < 4.78 is 38.1. The van der Waals surface area contributed by atoms with Gasteiger partial charge in [0.15, 0.2) is 5.69 Å². The van der Waals surface area contributed by atoms with E-state index in [0.717, 1.165) is 24.0 Å². The van der Waals surface area contributed by atoms with Crippen molar-refractivity contribution in [3.05, 3.63) is 87.3 Å². The predicted octanol–water partition coefficient (Wildman–Crippen LogP) is 7.36. The van der Waals surface area contributed by atoms with Crippen LogP contribution in [0, 0.1) is 6.57 Å². The summed E-state index contributed by atoms with van der Waals surface area (Å²) in [4.78, 5) is 20.1. The van der Waals surface area contributed by atoms with E-state index in [4.69, 9.17) is 29.8 Å². The van der Waals surface area contributed by atoms with Crippen LogP contribution in [0.4, 0.5) is 24.5 Å². The van der Waals surface area contributed by atoms with Gasteiger partial charge in [-0.1, -0.05) is 47.1 Å². The van der Waals surface area contributed by atoms with Crippen molar-refractivity contribution in [3.8, 4) is 0 Å². The van der Waals surface area contributed by atoms with Gasteiger partial charge in [-0.05, 0) is 36.4 Å². The predicted molar refractivity (Wildman–Crippen MR) is 110 cm³/mol. The molecule has 0 atom stereocenters. The molecular formula is C20H10Cl2F3N3OS. The Kier molecular flexibility index (Phi) is 6.56. The third kappa shape index (κ3) is 5.25. The van der Waals surface area contributed by atoms with E-state index in [0.29, 0.717) is 10.6 Å². The van der Waals surface area contributed by atoms with Crippen LogP contribution in [0.3, 0.4) is 0 Å². The number of amides is 1. The maximum absolute atomic E-state index is 12.7. The van der Waals surface area contributed by atoms with Gasteiger partial charge in [-0.15, -0.1) is 0 Å². The number of pyridine rings is 1. The molecule has 0 aliphatic rings. The molecule has 0 radical (unpaired) electrons. The van der Waals surface area contributed by atoms with E-state index in [1.807, 2.05) is 0 Å². The molecule has 0 fully saturated rings. The van der Waals surface area contributed by atoms with Crippen molar-refractivity contribution in [2.24, 2.45) is 0 Å². The summed E-state index contributed by atoms with van der Waals surface area (Å²) in [5.41, 5.74) is 0.0116. The second kappa shape index (κ2) is 8.96. The molecule has 0 saturated carbocycles. The summed E-state index contributed by atoms with van der Waals surface area (Å²) in [6, 6.07) is 11.8. The van der Waals surface area contributed by atoms with Gasteiger partial charge >= 0.3 is 6.18 Å². The van der Waals surface area contributed by atoms with Crippen LogP contribution in [0.2, 0.25) is 10.0 Å². The highest BCUT2D eigenvalue weighted by Crippen LogP contribution is 2.36. The summed E-state index contributed by atoms with van der Waals surface area (Å²) in [7, 11) is 0. The van der Waals surface area contributed by atoms with Gasteiger partial charge in [-0.3, -0.25) is 4.79 Å². The van der Waals surface area contributed by atoms with Crippen molar-refractivity contribution in [3.63, 3.8) is 0 Å². The van der Waals surface area contributed by atoms with E-state index in [9.17, 15) is 18.0 Å². The molecule has 0 aliphatic carbocycles. The van der Waals surface area contributed by atoms with Crippen molar-refractivity contribution >= 4 is 52.2 Å². The molecular weight excluding hydrogens is 458 g/mol. The topological polar surface area (TPSA) is 46.4 Å². The van der Waals surface area contributed by atoms with Crippen LogP contribution in [0.25, 0.3) is 4.85 Å². The summed E-state index contributed by atoms with van der Waals surface area (Å²) in [6.45, 7) is 7.02. The Labute approximate surface area is 183 Å². The smallest absolute Gasteiger partial charge is 0.322 e. The SMILES string of the molecule is [C-]#[N+]c1ccc(Cl)c(C(=O)Nc2ccc(Sc3ncc(C(F)(F)F)cc3Cl)cc2)c1. The van der Waals surface area contributed by atoms with Gasteiger partial charge in [0.25, 0.3) is 5.91 Å². The zero-order chi connectivity index (χ0) is 21.9. The summed E-state index contributed by atoms with van der Waals surface area (Å²) in [6.07, 6.45) is -3.79. The minimum Gasteiger partial charge on any atom is -0.322 e. The molecule has 0 bridgehead atoms. The van der Waals surface area contributed by atoms with Gasteiger partial charge < -0.3 is 5.32 Å². The highest BCUT2D eigenvalue weighted by Gasteiger charge is 2.31. The van der Waals surface area contributed by atoms with Crippen molar-refractivity contribution in [1.82, 2.24) is 4.98 Å². The Bertz CT molecular complexity index is 1150. The average molecular weight is 468 g/mol. The standard InChI is InChI=1S/C20H10Cl2F3N3OS/c1-26-13-4-7-16(21)15(9-13)18(29)28-12-2-5-14(6-3-12)30-19-17(22)8-11(10-27-19)20(23,24)25/h2-10H,(H,28,29). The normalized spacial score (nSPS) is 11.1. The van der Waals surface area contributed by atoms with Gasteiger partial charge in [0.05, 0.1) is 22.2 Å². The van der Waals surface area contributed by atoms with Crippen LogP contribution < -0.4 is 5.32 Å². The van der Waals surface area contributed by atoms with Crippen LogP contribution in [-0.4, -0.2) is 10.9 Å². The minimum atomic E-state index is -4.52. The number of hydrogen-bond acceptors (Lipinski definition) is 3. The molecule has 4 nitrogen and oxygen atoms in total. The second-order valence-corrected chi connectivity index (χ2v) is 7.74. The van der Waals surface area contributed by atoms with Gasteiger partial charge in [0.1, 0.15) is 5.03 Å². The molecule has 152 valence electrons. The number of nitrogens with one attached hydrogen (secondary N) is 1. The number of halogens is 5. The number of hydrogen-bond donors (Lipinski definition) is 1. The average Bonchev–Trinajstić information content (AvgIpc) is 2.70. The van der Waals surface area contributed by atoms with Crippen molar-refractivity contribution < 1.29 is 18.0 Å². The molecule has 1 aromatic heterocycles. The zero-order valence-corrected chi connectivity index (χ0v) is 17.1. The number of alkyl halides is 3. The lowest BCUT2D eigenvalue weighted by Crippen LogP contribution is -2.12. The number of anilines is 1. The molecule has 10 heteroatoms. The van der Waals surface area contributed by atoms with Crippen LogP contribution in [0.1, 0.15) is 15.9 Å². The number of carbonyl (C=O) groups is 1. The first-order valence-corrected chi connectivity index (χ1v) is 9.73. The number of aromatic nitrogens is 1. The first-order valence-electron chi connectivity index (χ1n) is 8.16. The summed E-state index contributed by atoms with van der Waals surface area (Å²) in [5.74, 6) is -0.474. The summed E-state index contributed by atoms with van der Waals surface area (Å²) in [5, 5.41) is 3.01. The lowest BCUT2D eigenvalue weighted by atomic mass is 10.2. The van der Waals surface area contributed by atoms with E-state index in [-0.39, 0.29) is 26.3 Å². The molecule has 2 aromatic carbocycles. The molecule has 1 amide bonds. The van der Waals surface area contributed by atoms with Crippen molar-refractivity contribution in [2.75, 3.05) is 5.32 Å². The van der Waals surface area contributed by atoms with Crippen LogP contribution in [-0.2, 0) is 6.18 Å². The largest absolute Gasteiger partial charge is 0.417 e. The minimum absolute atomic E-state index is 0.110. The lowest BCUT2D eigenvalue weighted by Gasteiger charge is -2.10. The van der Waals surface area contributed by atoms with E-state index in [1.54, 1.807) is 24.3 Å². The van der Waals surface area contributed by atoms with Crippen LogP contribution in [0.5, 0.6) is 0 Å². The van der Waals surface area contributed by atoms with E-state index >= 15 is 0 Å². The zero-order valence-electron chi connectivity index (χ0n) is 14.8. The number of rotatable bonds is 4. The molecule has 1 heterocycles. The number of nitrogens with zero attached hydrogens (tertiary/aromatic N) is 2. The van der Waals surface area contributed by atoms with Crippen LogP contribution >= 0.6 is 35.0 Å². The monoisotopic (exact) mass is 467 g/mol. The number of carbonyl (C=O) groups excluding carboxylic acids is 1. The van der Waals surface area contributed by atoms with Gasteiger partial charge in [0, 0.05) is 22.3 Å². The molecule has 0 aliphatic heterocycles. The molecule has 0 saturated heterocycles. The molecule has 0 spiro atoms. The Balaban J connectivity index is 1.71. The van der Waals surface area contributed by atoms with Gasteiger partial charge in [-0.25, -0.2) is 9.83 Å². The first kappa shape index (κ1) is 22.0. The van der Waals surface area contributed by atoms with E-state index in [2.05, 4.69) is 15.1 Å². The third-order valence-corrected chi connectivity index (χ3v) is 5.54. The highest BCUT2D eigenvalue weighted by atomic mass is 35.5. The Morgan fingerprint density at radius 1 is 1.07 bits per heavy atom. The molecule has 1 N–H and O–H groups in total. The molecule has 3 rings (SSSR count). The number of benzene rings is 2. The van der Waals surface area contributed by atoms with E-state index in [1.165, 1.54) is 18.2 Å². The maximum Gasteiger partial charge on any atom is 0.417 e. The van der Waals surface area contributed by atoms with E-state index < -0.39 is 17.6 Å². The molecule has 3 aromatic rings. The molecule has 0 unspecified atom stereocenters. The Hall–Kier alpha value is -2.73. The molecule has 30 heavy (non-hydrogen) atoms. The van der Waals surface area contributed by atoms with Crippen molar-refractivity contribution in [2.45, 2.75) is 16.1 Å². The fourth-order valence-electron chi connectivity index (χ4n) is 2.33. The summed E-state index contributed by atoms with van der Waals surface area (Å²) >= 11 is 13.0. The van der Waals surface area contributed by atoms with Crippen molar-refractivity contribution in [1.29, 1.82) is 0 Å². The highest BCUT2D eigenvalue weighted by molar-refractivity contribution is 7.99. The fourth-order valence-corrected chi connectivity index (χ4v) is 3.57. The fraction of sp³-hybridized carbons (Fsp3) is 0.0500. The Morgan fingerprint density at radius 3 is 2.37 bits per heavy atom. The quantitative estimate of drug-likeness (QED) is 0.407. The van der Waals surface area contributed by atoms with Gasteiger partial charge in [0.2, 0.25) is 0 Å². The third-order valence-electron chi connectivity index (χ3n) is 3.79. The van der Waals surface area contributed by atoms with Crippen LogP contribution in [0.15, 0.2) is 64.6 Å². The first-order chi connectivity index (χ1) is 14.2. The lowest BCUT2D eigenvalue weighted by molar-refractivity contribution is -0.137. The maximum atomic E-state index is 12.7. The van der Waals surface area contributed by atoms with Gasteiger partial charge in [-0.2, -0.15) is 13.2 Å².